The molecule has 0 aliphatic heterocycles. The summed E-state index contributed by atoms with van der Waals surface area (Å²) < 4.78 is 6.21. The number of carbonyl (C=O) groups excluding carboxylic acids is 1. The van der Waals surface area contributed by atoms with Gasteiger partial charge in [0.05, 0.1) is 17.2 Å². The predicted octanol–water partition coefficient (Wildman–Crippen LogP) is 5.42. The molecule has 2 aromatic carbocycles. The van der Waals surface area contributed by atoms with Crippen molar-refractivity contribution < 1.29 is 9.53 Å². The summed E-state index contributed by atoms with van der Waals surface area (Å²) in [5, 5.41) is 3.50. The van der Waals surface area contributed by atoms with Crippen LogP contribution in [-0.2, 0) is 6.42 Å². The van der Waals surface area contributed by atoms with Gasteiger partial charge in [-0.15, -0.1) is 0 Å². The molecule has 6 heteroatoms. The molecule has 116 valence electrons. The highest BCUT2D eigenvalue weighted by Crippen LogP contribution is 2.34. The summed E-state index contributed by atoms with van der Waals surface area (Å²) in [6.07, 6.45) is 0.830. The normalized spacial score (nSPS) is 10.4. The van der Waals surface area contributed by atoms with E-state index in [9.17, 15) is 4.79 Å². The third kappa shape index (κ3) is 3.86. The molecule has 0 radical (unpaired) electrons. The lowest BCUT2D eigenvalue weighted by Crippen LogP contribution is -2.13. The van der Waals surface area contributed by atoms with E-state index < -0.39 is 0 Å². The van der Waals surface area contributed by atoms with Crippen molar-refractivity contribution in [2.45, 2.75) is 13.3 Å². The molecule has 22 heavy (non-hydrogen) atoms. The van der Waals surface area contributed by atoms with Crippen molar-refractivity contribution in [3.05, 3.63) is 55.1 Å². The number of carbonyl (C=O) groups is 1. The standard InChI is InChI=1S/C16H14Cl2INO2/c1-3-9-6-11(19)4-5-14(9)20-16(21)10-7-12(17)15(22-2)13(18)8-10/h4-8H,3H2,1-2H3,(H,20,21). The molecule has 2 rings (SSSR count). The first-order chi connectivity index (χ1) is 10.5. The fourth-order valence-corrected chi connectivity index (χ4v) is 3.25. The molecule has 0 saturated heterocycles. The second-order valence-electron chi connectivity index (χ2n) is 4.58. The van der Waals surface area contributed by atoms with Crippen LogP contribution in [0.25, 0.3) is 0 Å². The van der Waals surface area contributed by atoms with Crippen LogP contribution < -0.4 is 10.1 Å². The Kier molecular flexibility index (Phi) is 5.94. The maximum atomic E-state index is 12.4. The van der Waals surface area contributed by atoms with E-state index in [2.05, 4.69) is 27.9 Å². The van der Waals surface area contributed by atoms with Gasteiger partial charge in [-0.05, 0) is 64.9 Å². The van der Waals surface area contributed by atoms with E-state index in [1.165, 1.54) is 7.11 Å². The topological polar surface area (TPSA) is 38.3 Å². The molecule has 0 bridgehead atoms. The summed E-state index contributed by atoms with van der Waals surface area (Å²) in [5.74, 6) is 0.103. The number of benzene rings is 2. The number of aryl methyl sites for hydroxylation is 1. The number of methoxy groups -OCH3 is 1. The first kappa shape index (κ1) is 17.4. The summed E-state index contributed by atoms with van der Waals surface area (Å²) >= 11 is 14.4. The van der Waals surface area contributed by atoms with Gasteiger partial charge in [0.2, 0.25) is 0 Å². The van der Waals surface area contributed by atoms with E-state index >= 15 is 0 Å². The second-order valence-corrected chi connectivity index (χ2v) is 6.64. The monoisotopic (exact) mass is 449 g/mol. The van der Waals surface area contributed by atoms with Gasteiger partial charge in [-0.1, -0.05) is 30.1 Å². The first-order valence-corrected chi connectivity index (χ1v) is 8.42. The van der Waals surface area contributed by atoms with Gasteiger partial charge < -0.3 is 10.1 Å². The zero-order valence-electron chi connectivity index (χ0n) is 12.0. The fraction of sp³-hybridized carbons (Fsp3) is 0.188. The molecule has 0 heterocycles. The summed E-state index contributed by atoms with van der Waals surface area (Å²) in [6.45, 7) is 2.04. The molecule has 0 aliphatic rings. The Labute approximate surface area is 153 Å². The van der Waals surface area contributed by atoms with Gasteiger partial charge >= 0.3 is 0 Å². The fourth-order valence-electron chi connectivity index (χ4n) is 2.06. The number of amides is 1. The molecule has 0 fully saturated rings. The Morgan fingerprint density at radius 1 is 1.23 bits per heavy atom. The van der Waals surface area contributed by atoms with Gasteiger partial charge in [0.1, 0.15) is 0 Å². The molecule has 1 N–H and O–H groups in total. The number of hydrogen-bond acceptors (Lipinski definition) is 2. The van der Waals surface area contributed by atoms with Gasteiger partial charge in [0.25, 0.3) is 5.91 Å². The zero-order chi connectivity index (χ0) is 16.3. The maximum Gasteiger partial charge on any atom is 0.255 e. The van der Waals surface area contributed by atoms with Crippen LogP contribution in [0, 0.1) is 3.57 Å². The minimum absolute atomic E-state index is 0.262. The number of anilines is 1. The minimum Gasteiger partial charge on any atom is -0.494 e. The average molecular weight is 450 g/mol. The van der Waals surface area contributed by atoms with Gasteiger partial charge in [0, 0.05) is 14.8 Å². The number of hydrogen-bond donors (Lipinski definition) is 1. The van der Waals surface area contributed by atoms with E-state index in [4.69, 9.17) is 27.9 Å². The number of halogens is 3. The van der Waals surface area contributed by atoms with Gasteiger partial charge in [-0.3, -0.25) is 4.79 Å². The zero-order valence-corrected chi connectivity index (χ0v) is 15.7. The summed E-state index contributed by atoms with van der Waals surface area (Å²) in [7, 11) is 1.48. The summed E-state index contributed by atoms with van der Waals surface area (Å²) in [5.41, 5.74) is 2.25. The van der Waals surface area contributed by atoms with Gasteiger partial charge in [0.15, 0.2) is 5.75 Å². The number of rotatable bonds is 4. The molecular weight excluding hydrogens is 436 g/mol. The van der Waals surface area contributed by atoms with E-state index in [1.807, 2.05) is 25.1 Å². The largest absolute Gasteiger partial charge is 0.494 e. The lowest BCUT2D eigenvalue weighted by atomic mass is 10.1. The predicted molar refractivity (Wildman–Crippen MR) is 99.5 cm³/mol. The van der Waals surface area contributed by atoms with Gasteiger partial charge in [-0.2, -0.15) is 0 Å². The van der Waals surface area contributed by atoms with Crippen LogP contribution in [0.2, 0.25) is 10.0 Å². The highest BCUT2D eigenvalue weighted by atomic mass is 127. The molecule has 1 amide bonds. The Morgan fingerprint density at radius 2 is 1.86 bits per heavy atom. The molecule has 0 spiro atoms. The Balaban J connectivity index is 2.30. The quantitative estimate of drug-likeness (QED) is 0.632. The number of ether oxygens (including phenoxy) is 1. The minimum atomic E-state index is -0.262. The average Bonchev–Trinajstić information content (AvgIpc) is 2.48. The van der Waals surface area contributed by atoms with Crippen LogP contribution >= 0.6 is 45.8 Å². The highest BCUT2D eigenvalue weighted by molar-refractivity contribution is 14.1. The molecule has 0 atom stereocenters. The third-order valence-corrected chi connectivity index (χ3v) is 4.39. The van der Waals surface area contributed by atoms with Crippen molar-refractivity contribution in [3.63, 3.8) is 0 Å². The molecule has 0 unspecified atom stereocenters. The van der Waals surface area contributed by atoms with E-state index in [0.717, 1.165) is 21.2 Å². The molecule has 3 nitrogen and oxygen atoms in total. The molecule has 2 aromatic rings. The van der Waals surface area contributed by atoms with E-state index in [0.29, 0.717) is 21.4 Å². The molecular formula is C16H14Cl2INO2. The third-order valence-electron chi connectivity index (χ3n) is 3.16. The Morgan fingerprint density at radius 3 is 2.41 bits per heavy atom. The maximum absolute atomic E-state index is 12.4. The van der Waals surface area contributed by atoms with Crippen molar-refractivity contribution in [3.8, 4) is 5.75 Å². The molecule has 0 aromatic heterocycles. The van der Waals surface area contributed by atoms with Crippen LogP contribution in [0.3, 0.4) is 0 Å². The Bertz CT molecular complexity index is 696. The van der Waals surface area contributed by atoms with Crippen LogP contribution in [0.5, 0.6) is 5.75 Å². The number of nitrogens with one attached hydrogen (secondary N) is 1. The second kappa shape index (κ2) is 7.53. The highest BCUT2D eigenvalue weighted by Gasteiger charge is 2.14. The van der Waals surface area contributed by atoms with Crippen molar-refractivity contribution in [1.82, 2.24) is 0 Å². The first-order valence-electron chi connectivity index (χ1n) is 6.59. The van der Waals surface area contributed by atoms with Crippen LogP contribution in [0.4, 0.5) is 5.69 Å². The summed E-state index contributed by atoms with van der Waals surface area (Å²) in [6, 6.07) is 8.97. The Hall–Kier alpha value is -0.980. The van der Waals surface area contributed by atoms with Crippen molar-refractivity contribution in [1.29, 1.82) is 0 Å². The van der Waals surface area contributed by atoms with Crippen LogP contribution in [0.1, 0.15) is 22.8 Å². The van der Waals surface area contributed by atoms with Crippen LogP contribution in [-0.4, -0.2) is 13.0 Å². The van der Waals surface area contributed by atoms with Crippen molar-refractivity contribution >= 4 is 57.4 Å². The SMILES string of the molecule is CCc1cc(I)ccc1NC(=O)c1cc(Cl)c(OC)c(Cl)c1. The lowest BCUT2D eigenvalue weighted by molar-refractivity contribution is 0.102. The van der Waals surface area contributed by atoms with Crippen molar-refractivity contribution in [2.75, 3.05) is 12.4 Å². The lowest BCUT2D eigenvalue weighted by Gasteiger charge is -2.12. The van der Waals surface area contributed by atoms with E-state index in [-0.39, 0.29) is 5.91 Å². The van der Waals surface area contributed by atoms with Crippen molar-refractivity contribution in [2.24, 2.45) is 0 Å². The summed E-state index contributed by atoms with van der Waals surface area (Å²) in [4.78, 5) is 12.4. The van der Waals surface area contributed by atoms with E-state index in [1.54, 1.807) is 12.1 Å². The van der Waals surface area contributed by atoms with Crippen LogP contribution in [0.15, 0.2) is 30.3 Å². The molecule has 0 aliphatic carbocycles. The smallest absolute Gasteiger partial charge is 0.255 e. The van der Waals surface area contributed by atoms with Gasteiger partial charge in [-0.25, -0.2) is 0 Å². The molecule has 0 saturated carbocycles.